The fraction of sp³-hybridized carbons (Fsp3) is 0.429. The Labute approximate surface area is 107 Å². The van der Waals surface area contributed by atoms with E-state index in [0.29, 0.717) is 18.7 Å². The van der Waals surface area contributed by atoms with Gasteiger partial charge in [-0.05, 0) is 12.1 Å². The monoisotopic (exact) mass is 246 g/mol. The van der Waals surface area contributed by atoms with Crippen molar-refractivity contribution >= 4 is 11.8 Å². The number of rotatable bonds is 3. The first-order valence-electron chi connectivity index (χ1n) is 6.27. The minimum Gasteiger partial charge on any atom is -0.447 e. The Bertz CT molecular complexity index is 464. The van der Waals surface area contributed by atoms with Crippen molar-refractivity contribution in [1.82, 2.24) is 5.01 Å². The standard InChI is InChI=1S/C14H18N2O2/c1-4-14(5-2)16(11(3)17)15-13(18-14)12-9-7-6-8-10-12/h6-10H,4-5H2,1-3H3. The van der Waals surface area contributed by atoms with Crippen LogP contribution in [0.25, 0.3) is 0 Å². The number of hydrogen-bond acceptors (Lipinski definition) is 3. The van der Waals surface area contributed by atoms with Crippen molar-refractivity contribution in [2.24, 2.45) is 5.10 Å². The van der Waals surface area contributed by atoms with Crippen LogP contribution in [0.3, 0.4) is 0 Å². The van der Waals surface area contributed by atoms with Crippen LogP contribution in [-0.4, -0.2) is 22.5 Å². The highest BCUT2D eigenvalue weighted by molar-refractivity contribution is 5.96. The molecule has 0 saturated heterocycles. The second-order valence-corrected chi connectivity index (χ2v) is 4.36. The Hall–Kier alpha value is -1.84. The largest absolute Gasteiger partial charge is 0.447 e. The lowest BCUT2D eigenvalue weighted by Gasteiger charge is -2.32. The van der Waals surface area contributed by atoms with E-state index in [0.717, 1.165) is 5.56 Å². The fourth-order valence-electron chi connectivity index (χ4n) is 2.17. The first kappa shape index (κ1) is 12.6. The summed E-state index contributed by atoms with van der Waals surface area (Å²) in [5.74, 6) is 0.430. The predicted octanol–water partition coefficient (Wildman–Crippen LogP) is 2.74. The summed E-state index contributed by atoms with van der Waals surface area (Å²) in [4.78, 5) is 11.7. The van der Waals surface area contributed by atoms with Crippen LogP contribution in [0.1, 0.15) is 39.2 Å². The van der Waals surface area contributed by atoms with Gasteiger partial charge in [-0.1, -0.05) is 32.0 Å². The average molecular weight is 246 g/mol. The van der Waals surface area contributed by atoms with E-state index in [1.54, 1.807) is 0 Å². The molecule has 1 amide bonds. The third-order valence-electron chi connectivity index (χ3n) is 3.29. The third kappa shape index (κ3) is 1.98. The summed E-state index contributed by atoms with van der Waals surface area (Å²) in [6, 6.07) is 9.65. The summed E-state index contributed by atoms with van der Waals surface area (Å²) in [7, 11) is 0. The molecule has 1 heterocycles. The van der Waals surface area contributed by atoms with E-state index in [-0.39, 0.29) is 5.91 Å². The number of carbonyl (C=O) groups excluding carboxylic acids is 1. The van der Waals surface area contributed by atoms with Gasteiger partial charge in [-0.25, -0.2) is 0 Å². The van der Waals surface area contributed by atoms with Crippen molar-refractivity contribution in [1.29, 1.82) is 0 Å². The molecule has 1 aromatic rings. The highest BCUT2D eigenvalue weighted by Crippen LogP contribution is 2.33. The van der Waals surface area contributed by atoms with Gasteiger partial charge in [0.25, 0.3) is 0 Å². The quantitative estimate of drug-likeness (QED) is 0.823. The summed E-state index contributed by atoms with van der Waals surface area (Å²) in [6.45, 7) is 5.52. The van der Waals surface area contributed by atoms with Gasteiger partial charge in [-0.2, -0.15) is 5.01 Å². The zero-order chi connectivity index (χ0) is 13.2. The van der Waals surface area contributed by atoms with Crippen molar-refractivity contribution in [2.45, 2.75) is 39.3 Å². The number of nitrogens with zero attached hydrogens (tertiary/aromatic N) is 2. The van der Waals surface area contributed by atoms with Gasteiger partial charge in [0, 0.05) is 25.3 Å². The zero-order valence-corrected chi connectivity index (χ0v) is 11.0. The van der Waals surface area contributed by atoms with Crippen LogP contribution in [0, 0.1) is 0 Å². The zero-order valence-electron chi connectivity index (χ0n) is 11.0. The Kier molecular flexibility index (Phi) is 3.36. The molecular formula is C14H18N2O2. The van der Waals surface area contributed by atoms with Gasteiger partial charge in [-0.3, -0.25) is 4.79 Å². The van der Waals surface area contributed by atoms with Crippen LogP contribution < -0.4 is 0 Å². The van der Waals surface area contributed by atoms with Gasteiger partial charge in [0.15, 0.2) is 0 Å². The van der Waals surface area contributed by atoms with E-state index in [2.05, 4.69) is 5.10 Å². The Morgan fingerprint density at radius 1 is 1.28 bits per heavy atom. The van der Waals surface area contributed by atoms with Crippen LogP contribution in [0.4, 0.5) is 0 Å². The molecule has 4 nitrogen and oxygen atoms in total. The number of carbonyl (C=O) groups is 1. The SMILES string of the molecule is CCC1(CC)OC(c2ccccc2)=NN1C(C)=O. The molecule has 4 heteroatoms. The number of hydrazone groups is 1. The van der Waals surface area contributed by atoms with Gasteiger partial charge in [0.2, 0.25) is 17.5 Å². The summed E-state index contributed by atoms with van der Waals surface area (Å²) in [6.07, 6.45) is 1.42. The Morgan fingerprint density at radius 2 is 1.89 bits per heavy atom. The lowest BCUT2D eigenvalue weighted by atomic mass is 10.1. The van der Waals surface area contributed by atoms with Crippen LogP contribution in [0.15, 0.2) is 35.4 Å². The molecule has 0 bridgehead atoms. The molecule has 0 aromatic heterocycles. The number of hydrogen-bond donors (Lipinski definition) is 0. The van der Waals surface area contributed by atoms with E-state index in [4.69, 9.17) is 4.74 Å². The summed E-state index contributed by atoms with van der Waals surface area (Å²) >= 11 is 0. The molecule has 0 fully saturated rings. The first-order chi connectivity index (χ1) is 8.63. The molecule has 2 rings (SSSR count). The number of ether oxygens (including phenoxy) is 1. The topological polar surface area (TPSA) is 41.9 Å². The fourth-order valence-corrected chi connectivity index (χ4v) is 2.17. The molecule has 1 aliphatic rings. The van der Waals surface area contributed by atoms with Crippen LogP contribution in [0.5, 0.6) is 0 Å². The molecule has 0 atom stereocenters. The third-order valence-corrected chi connectivity index (χ3v) is 3.29. The van der Waals surface area contributed by atoms with Gasteiger partial charge in [0.05, 0.1) is 0 Å². The van der Waals surface area contributed by atoms with Crippen molar-refractivity contribution in [3.05, 3.63) is 35.9 Å². The maximum absolute atomic E-state index is 11.7. The van der Waals surface area contributed by atoms with E-state index in [1.807, 2.05) is 44.2 Å². The smallest absolute Gasteiger partial charge is 0.243 e. The van der Waals surface area contributed by atoms with Crippen LogP contribution in [0.2, 0.25) is 0 Å². The number of amides is 1. The van der Waals surface area contributed by atoms with Crippen molar-refractivity contribution in [3.8, 4) is 0 Å². The lowest BCUT2D eigenvalue weighted by molar-refractivity contribution is -0.148. The van der Waals surface area contributed by atoms with Crippen molar-refractivity contribution in [3.63, 3.8) is 0 Å². The lowest BCUT2D eigenvalue weighted by Crippen LogP contribution is -2.45. The highest BCUT2D eigenvalue weighted by atomic mass is 16.6. The summed E-state index contributed by atoms with van der Waals surface area (Å²) in [5.41, 5.74) is 0.268. The predicted molar refractivity (Wildman–Crippen MR) is 69.9 cm³/mol. The van der Waals surface area contributed by atoms with Gasteiger partial charge >= 0.3 is 0 Å². The molecule has 0 radical (unpaired) electrons. The molecule has 1 aliphatic heterocycles. The maximum Gasteiger partial charge on any atom is 0.243 e. The highest BCUT2D eigenvalue weighted by Gasteiger charge is 2.44. The maximum atomic E-state index is 11.7. The van der Waals surface area contributed by atoms with E-state index in [9.17, 15) is 4.79 Å². The molecular weight excluding hydrogens is 228 g/mol. The molecule has 96 valence electrons. The van der Waals surface area contributed by atoms with Crippen LogP contribution >= 0.6 is 0 Å². The van der Waals surface area contributed by atoms with E-state index >= 15 is 0 Å². The molecule has 1 aromatic carbocycles. The second kappa shape index (κ2) is 4.80. The van der Waals surface area contributed by atoms with E-state index in [1.165, 1.54) is 11.9 Å². The van der Waals surface area contributed by atoms with Crippen molar-refractivity contribution in [2.75, 3.05) is 0 Å². The van der Waals surface area contributed by atoms with Crippen molar-refractivity contribution < 1.29 is 9.53 Å². The Morgan fingerprint density at radius 3 is 2.33 bits per heavy atom. The molecule has 0 unspecified atom stereocenters. The minimum atomic E-state index is -0.628. The normalized spacial score (nSPS) is 17.3. The molecule has 18 heavy (non-hydrogen) atoms. The van der Waals surface area contributed by atoms with Gasteiger partial charge in [-0.15, -0.1) is 5.10 Å². The second-order valence-electron chi connectivity index (χ2n) is 4.36. The first-order valence-corrected chi connectivity index (χ1v) is 6.27. The van der Waals surface area contributed by atoms with E-state index < -0.39 is 5.72 Å². The Balaban J connectivity index is 2.37. The van der Waals surface area contributed by atoms with Gasteiger partial charge in [0.1, 0.15) is 0 Å². The number of benzene rings is 1. The molecule has 0 spiro atoms. The molecule has 0 N–H and O–H groups in total. The van der Waals surface area contributed by atoms with Gasteiger partial charge < -0.3 is 4.74 Å². The average Bonchev–Trinajstić information content (AvgIpc) is 2.80. The molecule has 0 aliphatic carbocycles. The minimum absolute atomic E-state index is 0.0929. The summed E-state index contributed by atoms with van der Waals surface area (Å²) < 4.78 is 5.96. The summed E-state index contributed by atoms with van der Waals surface area (Å²) in [5, 5.41) is 5.80. The molecule has 0 saturated carbocycles. The van der Waals surface area contributed by atoms with Crippen LogP contribution in [-0.2, 0) is 9.53 Å².